The molecular weight excluding hydrogens is 244 g/mol. The first kappa shape index (κ1) is 18.1. The standard InChI is InChI=1S/C15H28O4/c1-2-3-4-5-6-7-8-9-10-11-15(18)19-13-14(17)12-16/h3-4,14,16-17H,2,5-13H2,1H3/b4-3-/t14-/m0/s1. The van der Waals surface area contributed by atoms with E-state index in [2.05, 4.69) is 19.1 Å². The maximum absolute atomic E-state index is 11.2. The molecule has 0 bridgehead atoms. The van der Waals surface area contributed by atoms with E-state index in [9.17, 15) is 4.79 Å². The second kappa shape index (κ2) is 13.6. The molecule has 0 aliphatic heterocycles. The van der Waals surface area contributed by atoms with Gasteiger partial charge in [0.05, 0.1) is 6.61 Å². The molecular formula is C15H28O4. The number of unbranched alkanes of at least 4 members (excludes halogenated alkanes) is 5. The van der Waals surface area contributed by atoms with Crippen LogP contribution < -0.4 is 0 Å². The maximum Gasteiger partial charge on any atom is 0.305 e. The maximum atomic E-state index is 11.2. The first-order chi connectivity index (χ1) is 9.20. The summed E-state index contributed by atoms with van der Waals surface area (Å²) in [4.78, 5) is 11.2. The molecule has 0 unspecified atom stereocenters. The van der Waals surface area contributed by atoms with E-state index in [0.717, 1.165) is 32.1 Å². The summed E-state index contributed by atoms with van der Waals surface area (Å²) in [5, 5.41) is 17.6. The van der Waals surface area contributed by atoms with Crippen molar-refractivity contribution in [3.05, 3.63) is 12.2 Å². The Kier molecular flexibility index (Phi) is 12.9. The lowest BCUT2D eigenvalue weighted by atomic mass is 10.1. The third-order valence-electron chi connectivity index (χ3n) is 2.80. The van der Waals surface area contributed by atoms with Crippen molar-refractivity contribution in [1.82, 2.24) is 0 Å². The molecule has 2 N–H and O–H groups in total. The number of rotatable bonds is 12. The van der Waals surface area contributed by atoms with E-state index in [4.69, 9.17) is 14.9 Å². The van der Waals surface area contributed by atoms with Gasteiger partial charge in [0.25, 0.3) is 0 Å². The molecule has 0 aromatic heterocycles. The average Bonchev–Trinajstić information content (AvgIpc) is 2.42. The Balaban J connectivity index is 3.25. The molecule has 0 heterocycles. The van der Waals surface area contributed by atoms with E-state index in [1.807, 2.05) is 0 Å². The zero-order valence-corrected chi connectivity index (χ0v) is 12.0. The summed E-state index contributed by atoms with van der Waals surface area (Å²) in [5.74, 6) is -0.293. The van der Waals surface area contributed by atoms with Gasteiger partial charge in [0.1, 0.15) is 12.7 Å². The van der Waals surface area contributed by atoms with E-state index in [-0.39, 0.29) is 19.2 Å². The minimum atomic E-state index is -0.958. The SMILES string of the molecule is CC/C=C\CCCCCCCC(=O)OC[C@@H](O)CO. The fourth-order valence-electron chi connectivity index (χ4n) is 1.66. The lowest BCUT2D eigenvalue weighted by Gasteiger charge is -2.08. The molecule has 0 saturated carbocycles. The van der Waals surface area contributed by atoms with Crippen LogP contribution in [-0.4, -0.2) is 35.5 Å². The highest BCUT2D eigenvalue weighted by molar-refractivity contribution is 5.69. The molecule has 0 aromatic rings. The van der Waals surface area contributed by atoms with Crippen molar-refractivity contribution in [3.63, 3.8) is 0 Å². The number of aliphatic hydroxyl groups is 2. The molecule has 0 radical (unpaired) electrons. The second-order valence-electron chi connectivity index (χ2n) is 4.71. The van der Waals surface area contributed by atoms with Gasteiger partial charge in [-0.05, 0) is 25.7 Å². The second-order valence-corrected chi connectivity index (χ2v) is 4.71. The third kappa shape index (κ3) is 13.4. The van der Waals surface area contributed by atoms with Crippen molar-refractivity contribution >= 4 is 5.97 Å². The van der Waals surface area contributed by atoms with Crippen LogP contribution in [0.5, 0.6) is 0 Å². The summed E-state index contributed by atoms with van der Waals surface area (Å²) < 4.78 is 4.81. The van der Waals surface area contributed by atoms with E-state index in [0.29, 0.717) is 6.42 Å². The number of esters is 1. The highest BCUT2D eigenvalue weighted by atomic mass is 16.5. The molecule has 19 heavy (non-hydrogen) atoms. The zero-order valence-electron chi connectivity index (χ0n) is 12.0. The highest BCUT2D eigenvalue weighted by Crippen LogP contribution is 2.08. The molecule has 4 nitrogen and oxygen atoms in total. The van der Waals surface area contributed by atoms with E-state index < -0.39 is 6.10 Å². The molecule has 0 saturated heterocycles. The van der Waals surface area contributed by atoms with Gasteiger partial charge in [-0.3, -0.25) is 4.79 Å². The number of allylic oxidation sites excluding steroid dienone is 2. The molecule has 0 fully saturated rings. The average molecular weight is 272 g/mol. The monoisotopic (exact) mass is 272 g/mol. The summed E-state index contributed by atoms with van der Waals surface area (Å²) in [7, 11) is 0. The van der Waals surface area contributed by atoms with Gasteiger partial charge >= 0.3 is 5.97 Å². The summed E-state index contributed by atoms with van der Waals surface area (Å²) in [6, 6.07) is 0. The number of carbonyl (C=O) groups excluding carboxylic acids is 1. The van der Waals surface area contributed by atoms with Crippen LogP contribution in [-0.2, 0) is 9.53 Å². The molecule has 0 spiro atoms. The molecule has 0 rings (SSSR count). The van der Waals surface area contributed by atoms with Gasteiger partial charge in [-0.15, -0.1) is 0 Å². The van der Waals surface area contributed by atoms with Gasteiger partial charge in [0.15, 0.2) is 0 Å². The molecule has 0 amide bonds. The number of hydrogen-bond donors (Lipinski definition) is 2. The number of hydrogen-bond acceptors (Lipinski definition) is 4. The van der Waals surface area contributed by atoms with Gasteiger partial charge in [-0.25, -0.2) is 0 Å². The first-order valence-electron chi connectivity index (χ1n) is 7.30. The van der Waals surface area contributed by atoms with Crippen molar-refractivity contribution in [2.45, 2.75) is 64.4 Å². The Morgan fingerprint density at radius 3 is 2.53 bits per heavy atom. The van der Waals surface area contributed by atoms with Crippen molar-refractivity contribution in [3.8, 4) is 0 Å². The lowest BCUT2D eigenvalue weighted by Crippen LogP contribution is -2.21. The van der Waals surface area contributed by atoms with E-state index >= 15 is 0 Å². The topological polar surface area (TPSA) is 66.8 Å². The van der Waals surface area contributed by atoms with Gasteiger partial charge in [0.2, 0.25) is 0 Å². The van der Waals surface area contributed by atoms with Crippen molar-refractivity contribution < 1.29 is 19.7 Å². The summed E-state index contributed by atoms with van der Waals surface area (Å²) in [5.41, 5.74) is 0. The molecule has 0 aliphatic rings. The quantitative estimate of drug-likeness (QED) is 0.325. The zero-order chi connectivity index (χ0) is 14.3. The van der Waals surface area contributed by atoms with Crippen LogP contribution in [0.4, 0.5) is 0 Å². The van der Waals surface area contributed by atoms with Gasteiger partial charge in [-0.1, -0.05) is 38.3 Å². The Labute approximate surface area is 116 Å². The minimum absolute atomic E-state index is 0.112. The predicted molar refractivity (Wildman–Crippen MR) is 75.8 cm³/mol. The Hall–Kier alpha value is -0.870. The molecule has 4 heteroatoms. The number of carbonyl (C=O) groups is 1. The Bertz CT molecular complexity index is 238. The molecule has 0 aliphatic carbocycles. The van der Waals surface area contributed by atoms with Crippen LogP contribution in [0.3, 0.4) is 0 Å². The summed E-state index contributed by atoms with van der Waals surface area (Å²) in [6.45, 7) is 1.65. The van der Waals surface area contributed by atoms with Crippen LogP contribution in [0.15, 0.2) is 12.2 Å². The number of ether oxygens (including phenoxy) is 1. The minimum Gasteiger partial charge on any atom is -0.463 e. The largest absolute Gasteiger partial charge is 0.463 e. The van der Waals surface area contributed by atoms with Crippen molar-refractivity contribution in [2.75, 3.05) is 13.2 Å². The summed E-state index contributed by atoms with van der Waals surface area (Å²) >= 11 is 0. The molecule has 0 aromatic carbocycles. The van der Waals surface area contributed by atoms with E-state index in [1.54, 1.807) is 0 Å². The smallest absolute Gasteiger partial charge is 0.305 e. The van der Waals surface area contributed by atoms with E-state index in [1.165, 1.54) is 12.8 Å². The Morgan fingerprint density at radius 2 is 1.84 bits per heavy atom. The van der Waals surface area contributed by atoms with Crippen LogP contribution in [0.1, 0.15) is 58.3 Å². The fraction of sp³-hybridized carbons (Fsp3) is 0.800. The fourth-order valence-corrected chi connectivity index (χ4v) is 1.66. The van der Waals surface area contributed by atoms with Gasteiger partial charge < -0.3 is 14.9 Å². The predicted octanol–water partition coefficient (Wildman–Crippen LogP) is 2.58. The van der Waals surface area contributed by atoms with Gasteiger partial charge in [0, 0.05) is 6.42 Å². The normalized spacial score (nSPS) is 12.8. The third-order valence-corrected chi connectivity index (χ3v) is 2.80. The van der Waals surface area contributed by atoms with Crippen LogP contribution in [0.2, 0.25) is 0 Å². The van der Waals surface area contributed by atoms with Crippen LogP contribution >= 0.6 is 0 Å². The Morgan fingerprint density at radius 1 is 1.16 bits per heavy atom. The van der Waals surface area contributed by atoms with Crippen molar-refractivity contribution in [1.29, 1.82) is 0 Å². The van der Waals surface area contributed by atoms with Crippen molar-refractivity contribution in [2.24, 2.45) is 0 Å². The van der Waals surface area contributed by atoms with Crippen LogP contribution in [0, 0.1) is 0 Å². The van der Waals surface area contributed by atoms with Gasteiger partial charge in [-0.2, -0.15) is 0 Å². The first-order valence-corrected chi connectivity index (χ1v) is 7.30. The molecule has 1 atom stereocenters. The summed E-state index contributed by atoms with van der Waals surface area (Å²) in [6.07, 6.45) is 11.5. The molecule has 112 valence electrons. The lowest BCUT2D eigenvalue weighted by molar-refractivity contribution is -0.147. The number of aliphatic hydroxyl groups excluding tert-OH is 2. The van der Waals surface area contributed by atoms with Crippen LogP contribution in [0.25, 0.3) is 0 Å². The highest BCUT2D eigenvalue weighted by Gasteiger charge is 2.07.